The molecule has 2 aromatic carbocycles. The van der Waals surface area contributed by atoms with E-state index in [1.165, 1.54) is 19.2 Å². The monoisotopic (exact) mass is 321 g/mol. The van der Waals surface area contributed by atoms with Gasteiger partial charge >= 0.3 is 5.97 Å². The third-order valence-corrected chi connectivity index (χ3v) is 2.86. The quantitative estimate of drug-likeness (QED) is 0.860. The Labute approximate surface area is 130 Å². The van der Waals surface area contributed by atoms with Crippen molar-refractivity contribution in [2.24, 2.45) is 0 Å². The first kappa shape index (κ1) is 16.4. The van der Waals surface area contributed by atoms with E-state index in [9.17, 15) is 18.4 Å². The van der Waals surface area contributed by atoms with Crippen LogP contribution >= 0.6 is 0 Å². The van der Waals surface area contributed by atoms with Crippen molar-refractivity contribution in [1.29, 1.82) is 0 Å². The molecule has 23 heavy (non-hydrogen) atoms. The van der Waals surface area contributed by atoms with Crippen molar-refractivity contribution in [2.75, 3.05) is 19.0 Å². The summed E-state index contributed by atoms with van der Waals surface area (Å²) in [6, 6.07) is 9.29. The number of para-hydroxylation sites is 1. The van der Waals surface area contributed by atoms with Gasteiger partial charge in [0.15, 0.2) is 18.2 Å². The van der Waals surface area contributed by atoms with Crippen molar-refractivity contribution in [1.82, 2.24) is 0 Å². The van der Waals surface area contributed by atoms with Crippen LogP contribution < -0.4 is 10.1 Å². The summed E-state index contributed by atoms with van der Waals surface area (Å²) in [5.41, 5.74) is 0.234. The van der Waals surface area contributed by atoms with Gasteiger partial charge in [-0.1, -0.05) is 12.1 Å². The Hall–Kier alpha value is -2.96. The minimum Gasteiger partial charge on any atom is -0.496 e. The van der Waals surface area contributed by atoms with Crippen LogP contribution in [0.4, 0.5) is 14.5 Å². The summed E-state index contributed by atoms with van der Waals surface area (Å²) >= 11 is 0. The van der Waals surface area contributed by atoms with Crippen molar-refractivity contribution < 1.29 is 27.8 Å². The number of carbonyl (C=O) groups is 2. The molecule has 5 nitrogen and oxygen atoms in total. The molecule has 120 valence electrons. The van der Waals surface area contributed by atoms with Gasteiger partial charge in [-0.25, -0.2) is 13.6 Å². The molecular formula is C16H13F2NO4. The highest BCUT2D eigenvalue weighted by molar-refractivity contribution is 5.96. The SMILES string of the molecule is COc1ccccc1C(=O)OCC(=O)Nc1ccc(F)c(F)c1. The van der Waals surface area contributed by atoms with E-state index in [2.05, 4.69) is 5.32 Å². The summed E-state index contributed by atoms with van der Waals surface area (Å²) in [5.74, 6) is -3.21. The second kappa shape index (κ2) is 7.35. The first-order valence-corrected chi connectivity index (χ1v) is 6.56. The van der Waals surface area contributed by atoms with Crippen LogP contribution in [0.25, 0.3) is 0 Å². The molecule has 1 N–H and O–H groups in total. The number of halogens is 2. The largest absolute Gasteiger partial charge is 0.496 e. The van der Waals surface area contributed by atoms with Gasteiger partial charge in [-0.2, -0.15) is 0 Å². The third-order valence-electron chi connectivity index (χ3n) is 2.86. The van der Waals surface area contributed by atoms with E-state index < -0.39 is 30.1 Å². The van der Waals surface area contributed by atoms with Crippen LogP contribution in [0.1, 0.15) is 10.4 Å². The number of nitrogens with one attached hydrogen (secondary N) is 1. The van der Waals surface area contributed by atoms with Crippen molar-refractivity contribution in [3.63, 3.8) is 0 Å². The molecule has 0 saturated carbocycles. The number of benzene rings is 2. The van der Waals surface area contributed by atoms with Crippen LogP contribution in [0, 0.1) is 11.6 Å². The summed E-state index contributed by atoms with van der Waals surface area (Å²) in [7, 11) is 1.40. The van der Waals surface area contributed by atoms with Gasteiger partial charge in [0.1, 0.15) is 11.3 Å². The van der Waals surface area contributed by atoms with Gasteiger partial charge in [-0.3, -0.25) is 4.79 Å². The minimum atomic E-state index is -1.09. The van der Waals surface area contributed by atoms with Gasteiger partial charge < -0.3 is 14.8 Å². The second-order valence-corrected chi connectivity index (χ2v) is 4.45. The average Bonchev–Trinajstić information content (AvgIpc) is 2.56. The molecule has 0 radical (unpaired) electrons. The average molecular weight is 321 g/mol. The zero-order chi connectivity index (χ0) is 16.8. The molecule has 2 rings (SSSR count). The molecule has 0 aromatic heterocycles. The Morgan fingerprint density at radius 2 is 1.83 bits per heavy atom. The Morgan fingerprint density at radius 1 is 1.09 bits per heavy atom. The molecule has 0 saturated heterocycles. The van der Waals surface area contributed by atoms with Crippen molar-refractivity contribution in [2.45, 2.75) is 0 Å². The van der Waals surface area contributed by atoms with E-state index in [4.69, 9.17) is 9.47 Å². The fourth-order valence-corrected chi connectivity index (χ4v) is 1.79. The highest BCUT2D eigenvalue weighted by Crippen LogP contribution is 2.18. The maximum absolute atomic E-state index is 13.0. The molecule has 1 amide bonds. The Balaban J connectivity index is 1.93. The van der Waals surface area contributed by atoms with Gasteiger partial charge in [-0.05, 0) is 24.3 Å². The molecular weight excluding hydrogens is 308 g/mol. The van der Waals surface area contributed by atoms with E-state index in [0.717, 1.165) is 12.1 Å². The number of anilines is 1. The number of methoxy groups -OCH3 is 1. The Bertz CT molecular complexity index is 734. The fourth-order valence-electron chi connectivity index (χ4n) is 1.79. The molecule has 0 unspecified atom stereocenters. The zero-order valence-electron chi connectivity index (χ0n) is 12.1. The number of hydrogen-bond acceptors (Lipinski definition) is 4. The lowest BCUT2D eigenvalue weighted by atomic mass is 10.2. The molecule has 7 heteroatoms. The molecule has 0 fully saturated rings. The maximum atomic E-state index is 13.0. The maximum Gasteiger partial charge on any atom is 0.342 e. The molecule has 0 heterocycles. The molecule has 0 spiro atoms. The van der Waals surface area contributed by atoms with Crippen molar-refractivity contribution in [3.05, 3.63) is 59.7 Å². The van der Waals surface area contributed by atoms with Crippen LogP contribution in [-0.4, -0.2) is 25.6 Å². The predicted octanol–water partition coefficient (Wildman–Crippen LogP) is 2.77. The highest BCUT2D eigenvalue weighted by Gasteiger charge is 2.15. The van der Waals surface area contributed by atoms with E-state index in [-0.39, 0.29) is 11.3 Å². The van der Waals surface area contributed by atoms with Gasteiger partial charge in [0.05, 0.1) is 7.11 Å². The van der Waals surface area contributed by atoms with Crippen LogP contribution in [0.2, 0.25) is 0 Å². The van der Waals surface area contributed by atoms with E-state index in [1.807, 2.05) is 0 Å². The summed E-state index contributed by atoms with van der Waals surface area (Å²) in [4.78, 5) is 23.6. The van der Waals surface area contributed by atoms with Crippen LogP contribution in [-0.2, 0) is 9.53 Å². The van der Waals surface area contributed by atoms with Crippen LogP contribution in [0.3, 0.4) is 0 Å². The number of hydrogen-bond donors (Lipinski definition) is 1. The smallest absolute Gasteiger partial charge is 0.342 e. The minimum absolute atomic E-state index is 0.0576. The number of amides is 1. The van der Waals surface area contributed by atoms with Gasteiger partial charge in [0, 0.05) is 11.8 Å². The Morgan fingerprint density at radius 3 is 2.52 bits per heavy atom. The number of esters is 1. The fraction of sp³-hybridized carbons (Fsp3) is 0.125. The summed E-state index contributed by atoms with van der Waals surface area (Å²) < 4.78 is 35.7. The van der Waals surface area contributed by atoms with E-state index in [0.29, 0.717) is 5.75 Å². The third kappa shape index (κ3) is 4.26. The normalized spacial score (nSPS) is 10.0. The van der Waals surface area contributed by atoms with Gasteiger partial charge in [0.25, 0.3) is 5.91 Å². The van der Waals surface area contributed by atoms with Crippen molar-refractivity contribution >= 4 is 17.6 Å². The number of carbonyl (C=O) groups excluding carboxylic acids is 2. The second-order valence-electron chi connectivity index (χ2n) is 4.45. The molecule has 2 aromatic rings. The zero-order valence-corrected chi connectivity index (χ0v) is 12.1. The topological polar surface area (TPSA) is 64.6 Å². The molecule has 0 atom stereocenters. The Kier molecular flexibility index (Phi) is 5.24. The highest BCUT2D eigenvalue weighted by atomic mass is 19.2. The lowest BCUT2D eigenvalue weighted by Crippen LogP contribution is -2.21. The predicted molar refractivity (Wildman–Crippen MR) is 78.3 cm³/mol. The van der Waals surface area contributed by atoms with Crippen LogP contribution in [0.5, 0.6) is 5.75 Å². The number of ether oxygens (including phenoxy) is 2. The molecule has 0 aliphatic carbocycles. The summed E-state index contributed by atoms with van der Waals surface area (Å²) in [5, 5.41) is 2.29. The molecule has 0 aliphatic heterocycles. The number of rotatable bonds is 5. The standard InChI is InChI=1S/C16H13F2NO4/c1-22-14-5-3-2-4-11(14)16(21)23-9-15(20)19-10-6-7-12(17)13(18)8-10/h2-8H,9H2,1H3,(H,19,20). The summed E-state index contributed by atoms with van der Waals surface area (Å²) in [6.45, 7) is -0.574. The van der Waals surface area contributed by atoms with Crippen molar-refractivity contribution in [3.8, 4) is 5.75 Å². The van der Waals surface area contributed by atoms with E-state index >= 15 is 0 Å². The molecule has 0 aliphatic rings. The summed E-state index contributed by atoms with van der Waals surface area (Å²) in [6.07, 6.45) is 0. The lowest BCUT2D eigenvalue weighted by Gasteiger charge is -2.09. The molecule has 0 bridgehead atoms. The first-order valence-electron chi connectivity index (χ1n) is 6.56. The van der Waals surface area contributed by atoms with Gasteiger partial charge in [0.2, 0.25) is 0 Å². The lowest BCUT2D eigenvalue weighted by molar-refractivity contribution is -0.119. The van der Waals surface area contributed by atoms with E-state index in [1.54, 1.807) is 18.2 Å². The first-order chi connectivity index (χ1) is 11.0. The van der Waals surface area contributed by atoms with Crippen LogP contribution in [0.15, 0.2) is 42.5 Å². The van der Waals surface area contributed by atoms with Gasteiger partial charge in [-0.15, -0.1) is 0 Å².